The summed E-state index contributed by atoms with van der Waals surface area (Å²) in [4.78, 5) is 17.7. The maximum Gasteiger partial charge on any atom is 0.246 e. The summed E-state index contributed by atoms with van der Waals surface area (Å²) in [6, 6.07) is 10.2. The minimum absolute atomic E-state index is 0.132. The van der Waals surface area contributed by atoms with E-state index in [9.17, 15) is 9.18 Å². The minimum Gasteiger partial charge on any atom is -0.346 e. The molecule has 0 saturated heterocycles. The van der Waals surface area contributed by atoms with Crippen molar-refractivity contribution in [1.29, 1.82) is 0 Å². The molecule has 0 atom stereocenters. The molecule has 1 amide bonds. The Morgan fingerprint density at radius 1 is 1.29 bits per heavy atom. The summed E-state index contributed by atoms with van der Waals surface area (Å²) in [5, 5.41) is 8.62. The Balaban J connectivity index is 1.45. The number of nitrogens with zero attached hydrogens (tertiary/aromatic N) is 2. The van der Waals surface area contributed by atoms with Crippen LogP contribution in [0, 0.1) is 5.82 Å². The van der Waals surface area contributed by atoms with E-state index in [1.165, 1.54) is 17.4 Å². The summed E-state index contributed by atoms with van der Waals surface area (Å²) < 4.78 is 19.1. The molecule has 122 valence electrons. The molecule has 1 aliphatic carbocycles. The van der Waals surface area contributed by atoms with Crippen LogP contribution in [0.5, 0.6) is 0 Å². The van der Waals surface area contributed by atoms with Crippen LogP contribution in [0.1, 0.15) is 24.3 Å². The zero-order chi connectivity index (χ0) is 16.6. The first-order valence-corrected chi connectivity index (χ1v) is 8.47. The Bertz CT molecular complexity index is 872. The summed E-state index contributed by atoms with van der Waals surface area (Å²) >= 11 is 1.51. The molecule has 0 aliphatic heterocycles. The van der Waals surface area contributed by atoms with E-state index in [-0.39, 0.29) is 18.3 Å². The Hall–Kier alpha value is -2.54. The molecule has 0 unspecified atom stereocenters. The average molecular weight is 343 g/mol. The molecular weight excluding hydrogens is 329 g/mol. The van der Waals surface area contributed by atoms with E-state index >= 15 is 0 Å². The lowest BCUT2D eigenvalue weighted by atomic mass is 9.94. The van der Waals surface area contributed by atoms with Crippen molar-refractivity contribution in [2.24, 2.45) is 0 Å². The molecule has 4 rings (SSSR count). The number of halogens is 1. The summed E-state index contributed by atoms with van der Waals surface area (Å²) in [6.07, 6.45) is 1.29. The number of hydrogen-bond acceptors (Lipinski definition) is 5. The lowest BCUT2D eigenvalue weighted by molar-refractivity contribution is -0.123. The number of aromatic nitrogens is 2. The number of benzene rings is 1. The van der Waals surface area contributed by atoms with Gasteiger partial charge in [0, 0.05) is 5.56 Å². The molecule has 2 aromatic heterocycles. The third-order valence-electron chi connectivity index (χ3n) is 4.18. The highest BCUT2D eigenvalue weighted by atomic mass is 32.1. The molecule has 1 fully saturated rings. The van der Waals surface area contributed by atoms with E-state index in [0.717, 1.165) is 4.88 Å². The molecule has 7 heteroatoms. The SMILES string of the molecule is O=C(NCc1nc(-c2cccs2)no1)C1(c2ccccc2F)CC1. The Labute approximate surface area is 141 Å². The summed E-state index contributed by atoms with van der Waals surface area (Å²) in [5.74, 6) is 0.284. The van der Waals surface area contributed by atoms with E-state index < -0.39 is 5.41 Å². The zero-order valence-electron chi connectivity index (χ0n) is 12.7. The van der Waals surface area contributed by atoms with Crippen LogP contribution < -0.4 is 5.32 Å². The number of carbonyl (C=O) groups is 1. The van der Waals surface area contributed by atoms with Gasteiger partial charge in [0.1, 0.15) is 5.82 Å². The predicted octanol–water partition coefficient (Wildman–Crippen LogP) is 3.29. The first-order valence-electron chi connectivity index (χ1n) is 7.59. The Kier molecular flexibility index (Phi) is 3.65. The largest absolute Gasteiger partial charge is 0.346 e. The molecule has 0 bridgehead atoms. The van der Waals surface area contributed by atoms with Gasteiger partial charge in [0.15, 0.2) is 0 Å². The van der Waals surface area contributed by atoms with Crippen molar-refractivity contribution in [2.45, 2.75) is 24.8 Å². The molecule has 1 aromatic carbocycles. The van der Waals surface area contributed by atoms with Gasteiger partial charge >= 0.3 is 0 Å². The monoisotopic (exact) mass is 343 g/mol. The second-order valence-electron chi connectivity index (χ2n) is 5.73. The van der Waals surface area contributed by atoms with Crippen LogP contribution in [0.15, 0.2) is 46.3 Å². The van der Waals surface area contributed by atoms with Gasteiger partial charge in [-0.15, -0.1) is 11.3 Å². The van der Waals surface area contributed by atoms with E-state index in [1.807, 2.05) is 17.5 Å². The van der Waals surface area contributed by atoms with Crippen molar-refractivity contribution in [3.05, 3.63) is 59.0 Å². The first-order chi connectivity index (χ1) is 11.7. The van der Waals surface area contributed by atoms with Gasteiger partial charge in [0.25, 0.3) is 0 Å². The third-order valence-corrected chi connectivity index (χ3v) is 5.05. The Morgan fingerprint density at radius 3 is 2.83 bits per heavy atom. The van der Waals surface area contributed by atoms with Gasteiger partial charge in [-0.3, -0.25) is 4.79 Å². The first kappa shape index (κ1) is 15.0. The summed E-state index contributed by atoms with van der Waals surface area (Å²) in [5.41, 5.74) is -0.311. The van der Waals surface area contributed by atoms with Crippen molar-refractivity contribution in [1.82, 2.24) is 15.5 Å². The quantitative estimate of drug-likeness (QED) is 0.772. The fraction of sp³-hybridized carbons (Fsp3) is 0.235. The fourth-order valence-corrected chi connectivity index (χ4v) is 3.40. The topological polar surface area (TPSA) is 68.0 Å². The second-order valence-corrected chi connectivity index (χ2v) is 6.68. The smallest absolute Gasteiger partial charge is 0.246 e. The Morgan fingerprint density at radius 2 is 2.12 bits per heavy atom. The molecule has 0 radical (unpaired) electrons. The number of amides is 1. The van der Waals surface area contributed by atoms with Crippen molar-refractivity contribution >= 4 is 17.2 Å². The van der Waals surface area contributed by atoms with E-state index in [0.29, 0.717) is 30.1 Å². The molecule has 24 heavy (non-hydrogen) atoms. The molecule has 2 heterocycles. The number of nitrogens with one attached hydrogen (secondary N) is 1. The van der Waals surface area contributed by atoms with Crippen LogP contribution in [0.3, 0.4) is 0 Å². The van der Waals surface area contributed by atoms with Gasteiger partial charge in [0.2, 0.25) is 17.6 Å². The van der Waals surface area contributed by atoms with Crippen LogP contribution in [0.25, 0.3) is 10.7 Å². The van der Waals surface area contributed by atoms with Crippen molar-refractivity contribution in [3.63, 3.8) is 0 Å². The van der Waals surface area contributed by atoms with Crippen LogP contribution in [0.4, 0.5) is 4.39 Å². The van der Waals surface area contributed by atoms with E-state index in [2.05, 4.69) is 15.5 Å². The lowest BCUT2D eigenvalue weighted by Gasteiger charge is -2.15. The summed E-state index contributed by atoms with van der Waals surface area (Å²) in [6.45, 7) is 0.132. The number of hydrogen-bond donors (Lipinski definition) is 1. The molecule has 1 aliphatic rings. The highest BCUT2D eigenvalue weighted by molar-refractivity contribution is 7.13. The third kappa shape index (κ3) is 2.60. The van der Waals surface area contributed by atoms with Crippen LogP contribution >= 0.6 is 11.3 Å². The number of thiophene rings is 1. The lowest BCUT2D eigenvalue weighted by Crippen LogP contribution is -2.35. The fourth-order valence-electron chi connectivity index (χ4n) is 2.75. The van der Waals surface area contributed by atoms with E-state index in [1.54, 1.807) is 18.2 Å². The molecular formula is C17H14FN3O2S. The second kappa shape index (κ2) is 5.83. The van der Waals surface area contributed by atoms with Gasteiger partial charge in [-0.05, 0) is 30.4 Å². The zero-order valence-corrected chi connectivity index (χ0v) is 13.5. The van der Waals surface area contributed by atoms with Gasteiger partial charge in [-0.1, -0.05) is 29.4 Å². The normalized spacial score (nSPS) is 15.2. The van der Waals surface area contributed by atoms with Gasteiger partial charge < -0.3 is 9.84 Å². The maximum absolute atomic E-state index is 14.0. The van der Waals surface area contributed by atoms with Gasteiger partial charge in [0.05, 0.1) is 16.8 Å². The van der Waals surface area contributed by atoms with Gasteiger partial charge in [-0.2, -0.15) is 4.98 Å². The minimum atomic E-state index is -0.762. The van der Waals surface area contributed by atoms with Crippen LogP contribution in [0.2, 0.25) is 0 Å². The molecule has 3 aromatic rings. The molecule has 0 spiro atoms. The van der Waals surface area contributed by atoms with Gasteiger partial charge in [-0.25, -0.2) is 4.39 Å². The van der Waals surface area contributed by atoms with Crippen LogP contribution in [-0.2, 0) is 16.8 Å². The standard InChI is InChI=1S/C17H14FN3O2S/c18-12-5-2-1-4-11(12)17(7-8-17)16(22)19-10-14-20-15(21-23-14)13-6-3-9-24-13/h1-6,9H,7-8,10H2,(H,19,22). The van der Waals surface area contributed by atoms with Crippen molar-refractivity contribution in [2.75, 3.05) is 0 Å². The highest BCUT2D eigenvalue weighted by Crippen LogP contribution is 2.49. The van der Waals surface area contributed by atoms with Crippen LogP contribution in [-0.4, -0.2) is 16.0 Å². The molecule has 1 N–H and O–H groups in total. The average Bonchev–Trinajstić information content (AvgIpc) is 3.00. The molecule has 5 nitrogen and oxygen atoms in total. The van der Waals surface area contributed by atoms with Crippen molar-refractivity contribution in [3.8, 4) is 10.7 Å². The van der Waals surface area contributed by atoms with Crippen molar-refractivity contribution < 1.29 is 13.7 Å². The predicted molar refractivity (Wildman–Crippen MR) is 86.8 cm³/mol. The number of carbonyl (C=O) groups excluding carboxylic acids is 1. The number of rotatable bonds is 5. The maximum atomic E-state index is 14.0. The van der Waals surface area contributed by atoms with E-state index in [4.69, 9.17) is 4.52 Å². The highest BCUT2D eigenvalue weighted by Gasteiger charge is 2.52. The molecule has 1 saturated carbocycles. The summed E-state index contributed by atoms with van der Waals surface area (Å²) in [7, 11) is 0.